The normalized spacial score (nSPS) is 9.50. The average Bonchev–Trinajstić information content (AvgIpc) is 1.88. The van der Waals surface area contributed by atoms with E-state index in [2.05, 4.69) is 24.0 Å². The number of rotatable bonds is 1. The van der Waals surface area contributed by atoms with Crippen molar-refractivity contribution in [2.75, 3.05) is 0 Å². The van der Waals surface area contributed by atoms with Gasteiger partial charge < -0.3 is 0 Å². The summed E-state index contributed by atoms with van der Waals surface area (Å²) in [5, 5.41) is 0. The van der Waals surface area contributed by atoms with Crippen LogP contribution in [0.25, 0.3) is 0 Å². The Morgan fingerprint density at radius 3 is 2.40 bits per heavy atom. The molecule has 0 aliphatic heterocycles. The summed E-state index contributed by atoms with van der Waals surface area (Å²) in [6.07, 6.45) is 0. The fraction of sp³-hybridized carbons (Fsp3) is 0. The Hall–Kier alpha value is 1.03. The van der Waals surface area contributed by atoms with Crippen molar-refractivity contribution in [3.05, 3.63) is 30.1 Å². The summed E-state index contributed by atoms with van der Waals surface area (Å²) in [6.45, 7) is 0. The van der Waals surface area contributed by atoms with E-state index in [1.807, 2.05) is 6.07 Å². The quantitative estimate of drug-likeness (QED) is 0.566. The molecule has 0 aliphatic carbocycles. The van der Waals surface area contributed by atoms with Gasteiger partial charge in [-0.2, -0.15) is 0 Å². The maximum absolute atomic E-state index is 12.5. The van der Waals surface area contributed by atoms with Crippen LogP contribution < -0.4 is 3.12 Å². The number of benzene rings is 1. The monoisotopic (exact) mass is 458 g/mol. The molecule has 0 saturated heterocycles. The summed E-state index contributed by atoms with van der Waals surface area (Å²) < 4.78 is 13.6. The van der Waals surface area contributed by atoms with E-state index in [4.69, 9.17) is 0 Å². The van der Waals surface area contributed by atoms with Gasteiger partial charge in [-0.15, -0.1) is 0 Å². The molecule has 52 valence electrons. The Bertz CT molecular complexity index is 227. The minimum absolute atomic E-state index is 0.151. The maximum atomic E-state index is 12.5. The summed E-state index contributed by atoms with van der Waals surface area (Å²) in [7, 11) is 0. The Morgan fingerprint density at radius 2 is 2.00 bits per heavy atom. The summed E-state index contributed by atoms with van der Waals surface area (Å²) in [6, 6.07) is 6.72. The van der Waals surface area contributed by atoms with Crippen LogP contribution in [-0.4, -0.2) is 17.9 Å². The molecule has 0 radical (unpaired) electrons. The Labute approximate surface area is 78.6 Å². The summed E-state index contributed by atoms with van der Waals surface area (Å²) in [5.41, 5.74) is 0. The van der Waals surface area contributed by atoms with E-state index in [9.17, 15) is 4.39 Å². The molecule has 0 atom stereocenters. The molecular formula is C6H4Br2FTl. The minimum atomic E-state index is -1.90. The van der Waals surface area contributed by atoms with Crippen LogP contribution in [0.3, 0.4) is 0 Å². The molecule has 0 fully saturated rings. The van der Waals surface area contributed by atoms with Crippen molar-refractivity contribution in [1.29, 1.82) is 0 Å². The average molecular weight is 459 g/mol. The van der Waals surface area contributed by atoms with Gasteiger partial charge in [0.2, 0.25) is 0 Å². The van der Waals surface area contributed by atoms with Gasteiger partial charge in [0.05, 0.1) is 0 Å². The second kappa shape index (κ2) is 4.16. The molecule has 0 heterocycles. The summed E-state index contributed by atoms with van der Waals surface area (Å²) in [5.74, 6) is -0.151. The molecular weight excluding hydrogens is 455 g/mol. The van der Waals surface area contributed by atoms with E-state index in [-0.39, 0.29) is 5.82 Å². The van der Waals surface area contributed by atoms with Crippen LogP contribution in [-0.2, 0) is 0 Å². The van der Waals surface area contributed by atoms with E-state index < -0.39 is 17.9 Å². The van der Waals surface area contributed by atoms with Crippen molar-refractivity contribution in [2.24, 2.45) is 0 Å². The topological polar surface area (TPSA) is 0 Å². The molecule has 1 aromatic rings. The predicted molar refractivity (Wildman–Crippen MR) is 49.6 cm³/mol. The van der Waals surface area contributed by atoms with Crippen molar-refractivity contribution in [3.8, 4) is 0 Å². The molecule has 10 heavy (non-hydrogen) atoms. The van der Waals surface area contributed by atoms with Gasteiger partial charge in [-0.3, -0.25) is 0 Å². The number of hydrogen-bond acceptors (Lipinski definition) is 0. The summed E-state index contributed by atoms with van der Waals surface area (Å²) >= 11 is 5.08. The van der Waals surface area contributed by atoms with E-state index in [1.165, 1.54) is 6.07 Å². The first-order valence-electron chi connectivity index (χ1n) is 2.74. The zero-order chi connectivity index (χ0) is 7.56. The molecule has 0 bridgehead atoms. The van der Waals surface area contributed by atoms with Gasteiger partial charge in [0.1, 0.15) is 0 Å². The standard InChI is InChI=1S/C6H4F.2BrH.Tl/c7-6-4-2-1-3-5-6;;;/h1-2,4-5H;2*1H;/q;;;+2/p-2. The molecule has 0 spiro atoms. The second-order valence-corrected chi connectivity index (χ2v) is 33.6. The Kier molecular flexibility index (Phi) is 3.79. The van der Waals surface area contributed by atoms with Gasteiger partial charge in [0.25, 0.3) is 0 Å². The molecule has 0 unspecified atom stereocenters. The molecule has 0 saturated carbocycles. The fourth-order valence-electron chi connectivity index (χ4n) is 0.642. The van der Waals surface area contributed by atoms with Crippen molar-refractivity contribution < 1.29 is 4.39 Å². The molecule has 0 N–H and O–H groups in total. The van der Waals surface area contributed by atoms with Crippen molar-refractivity contribution >= 4 is 45.0 Å². The Balaban J connectivity index is 2.96. The predicted octanol–water partition coefficient (Wildman–Crippen LogP) is 2.31. The molecule has 0 aromatic heterocycles. The van der Waals surface area contributed by atoms with Crippen molar-refractivity contribution in [2.45, 2.75) is 0 Å². The Morgan fingerprint density at radius 1 is 1.30 bits per heavy atom. The zero-order valence-corrected chi connectivity index (χ0v) is 12.7. The van der Waals surface area contributed by atoms with Crippen LogP contribution >= 0.6 is 24.0 Å². The van der Waals surface area contributed by atoms with Crippen LogP contribution in [0, 0.1) is 5.82 Å². The fourth-order valence-corrected chi connectivity index (χ4v) is 7.75. The SMILES string of the molecule is Fc1ccc[c]([Tl]([Br])[Br])c1. The van der Waals surface area contributed by atoms with E-state index in [1.54, 1.807) is 12.1 Å². The zero-order valence-electron chi connectivity index (χ0n) is 5.02. The second-order valence-electron chi connectivity index (χ2n) is 1.86. The van der Waals surface area contributed by atoms with Crippen LogP contribution in [0.2, 0.25) is 0 Å². The third kappa shape index (κ3) is 2.58. The van der Waals surface area contributed by atoms with Crippen LogP contribution in [0.15, 0.2) is 24.3 Å². The third-order valence-electron chi connectivity index (χ3n) is 1.10. The van der Waals surface area contributed by atoms with E-state index in [0.29, 0.717) is 0 Å². The first-order chi connectivity index (χ1) is 4.70. The van der Waals surface area contributed by atoms with Crippen LogP contribution in [0.5, 0.6) is 0 Å². The molecule has 1 rings (SSSR count). The van der Waals surface area contributed by atoms with E-state index in [0.717, 1.165) is 3.12 Å². The van der Waals surface area contributed by atoms with Gasteiger partial charge in [-0.1, -0.05) is 0 Å². The van der Waals surface area contributed by atoms with Crippen molar-refractivity contribution in [3.63, 3.8) is 0 Å². The van der Waals surface area contributed by atoms with Gasteiger partial charge in [-0.05, 0) is 0 Å². The number of hydrogen-bond donors (Lipinski definition) is 0. The van der Waals surface area contributed by atoms with Crippen LogP contribution in [0.4, 0.5) is 4.39 Å². The van der Waals surface area contributed by atoms with Gasteiger partial charge >= 0.3 is 79.5 Å². The van der Waals surface area contributed by atoms with Gasteiger partial charge in [-0.25, -0.2) is 0 Å². The van der Waals surface area contributed by atoms with Gasteiger partial charge in [0, 0.05) is 0 Å². The van der Waals surface area contributed by atoms with Crippen LogP contribution in [0.1, 0.15) is 0 Å². The molecule has 0 amide bonds. The van der Waals surface area contributed by atoms with E-state index >= 15 is 0 Å². The summed E-state index contributed by atoms with van der Waals surface area (Å²) in [4.78, 5) is 0. The molecule has 0 aliphatic rings. The number of halogens is 3. The van der Waals surface area contributed by atoms with Gasteiger partial charge in [0.15, 0.2) is 0 Å². The first-order valence-corrected chi connectivity index (χ1v) is 24.4. The molecule has 0 nitrogen and oxygen atoms in total. The van der Waals surface area contributed by atoms with Crippen molar-refractivity contribution in [1.82, 2.24) is 0 Å². The molecule has 4 heteroatoms. The third-order valence-corrected chi connectivity index (χ3v) is 13.7. The molecule has 1 aromatic carbocycles. The first kappa shape index (κ1) is 9.12.